The summed E-state index contributed by atoms with van der Waals surface area (Å²) in [6.07, 6.45) is -4.36. The summed E-state index contributed by atoms with van der Waals surface area (Å²) in [5.74, 6) is 0. The highest BCUT2D eigenvalue weighted by Gasteiger charge is 2.31. The van der Waals surface area contributed by atoms with E-state index >= 15 is 0 Å². The molecule has 74 valence electrons. The van der Waals surface area contributed by atoms with Crippen LogP contribution in [0.15, 0.2) is 12.1 Å². The van der Waals surface area contributed by atoms with Crippen molar-refractivity contribution in [2.45, 2.75) is 13.1 Å². The van der Waals surface area contributed by atoms with Crippen LogP contribution in [0.4, 0.5) is 13.2 Å². The van der Waals surface area contributed by atoms with E-state index in [-0.39, 0.29) is 5.65 Å². The molecule has 2 rings (SSSR count). The first kappa shape index (κ1) is 8.92. The minimum absolute atomic E-state index is 0.0947. The molecule has 7 heteroatoms. The van der Waals surface area contributed by atoms with Crippen molar-refractivity contribution in [3.63, 3.8) is 0 Å². The van der Waals surface area contributed by atoms with Crippen molar-refractivity contribution in [3.8, 4) is 0 Å². The Morgan fingerprint density at radius 2 is 2.00 bits per heavy atom. The third-order valence-electron chi connectivity index (χ3n) is 1.80. The fourth-order valence-corrected chi connectivity index (χ4v) is 1.17. The van der Waals surface area contributed by atoms with E-state index in [9.17, 15) is 13.2 Å². The zero-order valence-electron chi connectivity index (χ0n) is 7.08. The van der Waals surface area contributed by atoms with E-state index in [1.807, 2.05) is 0 Å². The van der Waals surface area contributed by atoms with Gasteiger partial charge >= 0.3 is 6.18 Å². The van der Waals surface area contributed by atoms with Crippen molar-refractivity contribution in [3.05, 3.63) is 23.4 Å². The standard InChI is InChI=1S/C7H5F3N4/c1-4-2-5(7(8,9)10)3-6-11-12-13-14(4)6/h2-3H,1H3. The predicted octanol–water partition coefficient (Wildman–Crippen LogP) is 1.45. The van der Waals surface area contributed by atoms with Crippen molar-refractivity contribution in [1.29, 1.82) is 0 Å². The topological polar surface area (TPSA) is 43.1 Å². The molecule has 2 aromatic rings. The lowest BCUT2D eigenvalue weighted by Gasteiger charge is -2.07. The molecule has 0 aromatic carbocycles. The van der Waals surface area contributed by atoms with Crippen LogP contribution in [0, 0.1) is 6.92 Å². The molecule has 0 spiro atoms. The molecule has 0 radical (unpaired) electrons. The van der Waals surface area contributed by atoms with Crippen LogP contribution in [-0.2, 0) is 6.18 Å². The molecule has 0 saturated carbocycles. The molecule has 0 unspecified atom stereocenters. The Morgan fingerprint density at radius 3 is 2.64 bits per heavy atom. The van der Waals surface area contributed by atoms with Gasteiger partial charge in [0.05, 0.1) is 5.56 Å². The van der Waals surface area contributed by atoms with Crippen LogP contribution in [0.25, 0.3) is 5.65 Å². The van der Waals surface area contributed by atoms with Crippen molar-refractivity contribution in [2.24, 2.45) is 0 Å². The summed E-state index contributed by atoms with van der Waals surface area (Å²) in [6.45, 7) is 1.51. The minimum Gasteiger partial charge on any atom is -0.198 e. The maximum Gasteiger partial charge on any atom is 0.416 e. The molecule has 0 bridgehead atoms. The lowest BCUT2D eigenvalue weighted by molar-refractivity contribution is -0.137. The van der Waals surface area contributed by atoms with Gasteiger partial charge < -0.3 is 0 Å². The zero-order valence-corrected chi connectivity index (χ0v) is 7.08. The number of aryl methyl sites for hydroxylation is 1. The van der Waals surface area contributed by atoms with E-state index in [4.69, 9.17) is 0 Å². The van der Waals surface area contributed by atoms with Crippen LogP contribution in [-0.4, -0.2) is 20.0 Å². The van der Waals surface area contributed by atoms with Crippen LogP contribution in [0.2, 0.25) is 0 Å². The quantitative estimate of drug-likeness (QED) is 0.649. The van der Waals surface area contributed by atoms with Gasteiger partial charge in [-0.05, 0) is 29.5 Å². The Labute approximate surface area is 76.3 Å². The first-order chi connectivity index (χ1) is 6.48. The van der Waals surface area contributed by atoms with Gasteiger partial charge in [-0.25, -0.2) is 0 Å². The molecule has 0 N–H and O–H groups in total. The predicted molar refractivity (Wildman–Crippen MR) is 40.5 cm³/mol. The van der Waals surface area contributed by atoms with E-state index in [1.165, 1.54) is 11.4 Å². The molecular formula is C7H5F3N4. The van der Waals surface area contributed by atoms with Gasteiger partial charge in [-0.2, -0.15) is 17.7 Å². The lowest BCUT2D eigenvalue weighted by atomic mass is 10.2. The number of hydrogen-bond acceptors (Lipinski definition) is 3. The average Bonchev–Trinajstić information content (AvgIpc) is 2.50. The Balaban J connectivity index is 2.70. The van der Waals surface area contributed by atoms with E-state index in [0.717, 1.165) is 12.1 Å². The van der Waals surface area contributed by atoms with Gasteiger partial charge in [0.2, 0.25) is 0 Å². The molecule has 0 amide bonds. The third-order valence-corrected chi connectivity index (χ3v) is 1.80. The second-order valence-electron chi connectivity index (χ2n) is 2.83. The number of aromatic nitrogens is 4. The summed E-state index contributed by atoms with van der Waals surface area (Å²) in [5.41, 5.74) is -0.297. The number of tetrazole rings is 1. The molecule has 0 fully saturated rings. The molecule has 0 saturated heterocycles. The number of hydrogen-bond donors (Lipinski definition) is 0. The highest BCUT2D eigenvalue weighted by Crippen LogP contribution is 2.30. The summed E-state index contributed by atoms with van der Waals surface area (Å²) in [4.78, 5) is 0. The maximum atomic E-state index is 12.3. The smallest absolute Gasteiger partial charge is 0.198 e. The van der Waals surface area contributed by atoms with Crippen molar-refractivity contribution in [2.75, 3.05) is 0 Å². The molecule has 0 aliphatic heterocycles. The van der Waals surface area contributed by atoms with Crippen LogP contribution in [0.5, 0.6) is 0 Å². The highest BCUT2D eigenvalue weighted by atomic mass is 19.4. The van der Waals surface area contributed by atoms with Gasteiger partial charge in [0.1, 0.15) is 0 Å². The monoisotopic (exact) mass is 202 g/mol. The maximum absolute atomic E-state index is 12.3. The fourth-order valence-electron chi connectivity index (χ4n) is 1.17. The number of rotatable bonds is 0. The Kier molecular flexibility index (Phi) is 1.70. The molecule has 0 atom stereocenters. The molecule has 4 nitrogen and oxygen atoms in total. The summed E-state index contributed by atoms with van der Waals surface area (Å²) in [5, 5.41) is 10.3. The van der Waals surface area contributed by atoms with Crippen LogP contribution in [0.1, 0.15) is 11.3 Å². The number of fused-ring (bicyclic) bond motifs is 1. The van der Waals surface area contributed by atoms with Gasteiger partial charge in [-0.3, -0.25) is 0 Å². The second-order valence-corrected chi connectivity index (χ2v) is 2.83. The van der Waals surface area contributed by atoms with Gasteiger partial charge in [-0.1, -0.05) is 0 Å². The van der Waals surface area contributed by atoms with Crippen LogP contribution >= 0.6 is 0 Å². The minimum atomic E-state index is -4.36. The molecule has 2 aromatic heterocycles. The normalized spacial score (nSPS) is 12.3. The second kappa shape index (κ2) is 2.66. The summed E-state index contributed by atoms with van der Waals surface area (Å²) < 4.78 is 38.2. The first-order valence-electron chi connectivity index (χ1n) is 3.74. The third kappa shape index (κ3) is 1.30. The Bertz CT molecular complexity index is 473. The van der Waals surface area contributed by atoms with Crippen LogP contribution < -0.4 is 0 Å². The summed E-state index contributed by atoms with van der Waals surface area (Å²) in [7, 11) is 0. The largest absolute Gasteiger partial charge is 0.416 e. The van der Waals surface area contributed by atoms with E-state index in [2.05, 4.69) is 15.5 Å². The highest BCUT2D eigenvalue weighted by molar-refractivity contribution is 5.41. The lowest BCUT2D eigenvalue weighted by Crippen LogP contribution is -2.07. The van der Waals surface area contributed by atoms with Gasteiger partial charge in [0.15, 0.2) is 5.65 Å². The number of nitrogens with zero attached hydrogens (tertiary/aromatic N) is 4. The van der Waals surface area contributed by atoms with Gasteiger partial charge in [0, 0.05) is 5.69 Å². The Hall–Kier alpha value is -1.66. The Morgan fingerprint density at radius 1 is 1.29 bits per heavy atom. The summed E-state index contributed by atoms with van der Waals surface area (Å²) in [6, 6.07) is 1.91. The van der Waals surface area contributed by atoms with Crippen molar-refractivity contribution >= 4 is 5.65 Å². The van der Waals surface area contributed by atoms with E-state index < -0.39 is 11.7 Å². The number of alkyl halides is 3. The van der Waals surface area contributed by atoms with E-state index in [1.54, 1.807) is 0 Å². The SMILES string of the molecule is Cc1cc(C(F)(F)F)cc2nnnn12. The summed E-state index contributed by atoms with van der Waals surface area (Å²) >= 11 is 0. The number of halogens is 3. The van der Waals surface area contributed by atoms with Gasteiger partial charge in [-0.15, -0.1) is 5.10 Å². The molecule has 2 heterocycles. The first-order valence-corrected chi connectivity index (χ1v) is 3.74. The molecular weight excluding hydrogens is 197 g/mol. The molecule has 0 aliphatic carbocycles. The van der Waals surface area contributed by atoms with E-state index in [0.29, 0.717) is 5.69 Å². The van der Waals surface area contributed by atoms with Crippen molar-refractivity contribution in [1.82, 2.24) is 20.0 Å². The van der Waals surface area contributed by atoms with Crippen LogP contribution in [0.3, 0.4) is 0 Å². The van der Waals surface area contributed by atoms with Crippen molar-refractivity contribution < 1.29 is 13.2 Å². The molecule has 0 aliphatic rings. The fraction of sp³-hybridized carbons (Fsp3) is 0.286. The zero-order chi connectivity index (χ0) is 10.3. The number of pyridine rings is 1. The average molecular weight is 202 g/mol. The molecule has 14 heavy (non-hydrogen) atoms. The van der Waals surface area contributed by atoms with Gasteiger partial charge in [0.25, 0.3) is 0 Å².